The number of hydrogen-bond donors (Lipinski definition) is 3. The van der Waals surface area contributed by atoms with Gasteiger partial charge in [-0.05, 0) is 93.6 Å². The molecule has 1 aromatic heterocycles. The maximum atomic E-state index is 13.8. The molecule has 4 aromatic rings. The van der Waals surface area contributed by atoms with Crippen LogP contribution in [0.1, 0.15) is 107 Å². The second-order valence-electron chi connectivity index (χ2n) is 17.4. The normalized spacial score (nSPS) is 16.7. The Balaban J connectivity index is 0.758. The largest absolute Gasteiger partial charge is 0.492 e. The Bertz CT molecular complexity index is 2540. The summed E-state index contributed by atoms with van der Waals surface area (Å²) in [5.74, 6) is 7.13. The van der Waals surface area contributed by atoms with Crippen LogP contribution in [0.15, 0.2) is 66.9 Å². The van der Waals surface area contributed by atoms with Crippen molar-refractivity contribution in [1.29, 1.82) is 0 Å². The second-order valence-corrected chi connectivity index (χ2v) is 17.4. The van der Waals surface area contributed by atoms with Gasteiger partial charge in [0.1, 0.15) is 17.5 Å². The number of piperazine rings is 1. The van der Waals surface area contributed by atoms with Crippen LogP contribution in [-0.4, -0.2) is 131 Å². The average molecular weight is 909 g/mol. The fourth-order valence-electron chi connectivity index (χ4n) is 9.55. The lowest BCUT2D eigenvalue weighted by Crippen LogP contribution is -2.53. The van der Waals surface area contributed by atoms with Crippen LogP contribution in [0, 0.1) is 11.8 Å². The molecular weight excluding hydrogens is 849 g/mol. The lowest BCUT2D eigenvalue weighted by atomic mass is 10.0. The third-order valence-electron chi connectivity index (χ3n) is 13.2. The Morgan fingerprint density at radius 1 is 0.940 bits per heavy atom. The maximum Gasteiger partial charge on any atom is 0.260 e. The Kier molecular flexibility index (Phi) is 15.1. The molecule has 3 aromatic carbocycles. The van der Waals surface area contributed by atoms with Crippen molar-refractivity contribution in [2.75, 3.05) is 75.0 Å². The van der Waals surface area contributed by atoms with Gasteiger partial charge in [-0.25, -0.2) is 4.98 Å². The highest BCUT2D eigenvalue weighted by atomic mass is 16.5. The molecule has 5 amide bonds. The predicted molar refractivity (Wildman–Crippen MR) is 257 cm³/mol. The molecule has 0 bridgehead atoms. The summed E-state index contributed by atoms with van der Waals surface area (Å²) in [4.78, 5) is 83.0. The zero-order valence-corrected chi connectivity index (χ0v) is 38.7. The lowest BCUT2D eigenvalue weighted by molar-refractivity contribution is -0.129. The Labute approximate surface area is 392 Å². The standard InChI is InChI=1S/C51H60N10O6/c1-4-14-43(47(63)53-34-62)61-33-40-35(16-13-18-38(40)50(61)66)15-9-7-6-8-12-24-58-27-29-59(30-28-58)37-22-25-60(26-23-37)48(64)36-20-21-42(45(31-36)67-5-2)55-51-52-32-44-46(56-51)54-41-19-11-10-17-39(41)49(65)57(44)3/h10-11,13,16-21,31-32,34,37,43H,4-8,12,14,22-30,33H2,1-3H3,(H,53,62,63)(H2,52,54,55,56). The number of ether oxygens (including phenoxy) is 1. The van der Waals surface area contributed by atoms with Gasteiger partial charge in [-0.2, -0.15) is 4.98 Å². The number of nitrogens with one attached hydrogen (secondary N) is 3. The number of fused-ring (bicyclic) bond motifs is 3. The van der Waals surface area contributed by atoms with E-state index in [0.717, 1.165) is 82.4 Å². The van der Waals surface area contributed by atoms with Gasteiger partial charge in [-0.1, -0.05) is 49.8 Å². The molecule has 2 fully saturated rings. The summed E-state index contributed by atoms with van der Waals surface area (Å²) >= 11 is 0. The van der Waals surface area contributed by atoms with E-state index in [4.69, 9.17) is 9.72 Å². The topological polar surface area (TPSA) is 173 Å². The van der Waals surface area contributed by atoms with Gasteiger partial charge in [0, 0.05) is 82.0 Å². The summed E-state index contributed by atoms with van der Waals surface area (Å²) in [5.41, 5.74) is 5.21. The molecule has 2 saturated heterocycles. The summed E-state index contributed by atoms with van der Waals surface area (Å²) in [6.07, 6.45) is 9.03. The fourth-order valence-corrected chi connectivity index (χ4v) is 9.55. The number of amides is 5. The van der Waals surface area contributed by atoms with E-state index in [9.17, 15) is 24.0 Å². The number of likely N-dealkylation sites (tertiary alicyclic amines) is 1. The number of para-hydroxylation sites is 1. The molecular formula is C51H60N10O6. The molecule has 0 spiro atoms. The summed E-state index contributed by atoms with van der Waals surface area (Å²) in [7, 11) is 1.70. The Hall–Kier alpha value is -6.83. The van der Waals surface area contributed by atoms with Gasteiger partial charge in [0.2, 0.25) is 18.3 Å². The number of carbonyl (C=O) groups excluding carboxylic acids is 5. The summed E-state index contributed by atoms with van der Waals surface area (Å²) < 4.78 is 6.00. The number of anilines is 5. The van der Waals surface area contributed by atoms with E-state index in [1.807, 2.05) is 61.2 Å². The Morgan fingerprint density at radius 2 is 1.73 bits per heavy atom. The van der Waals surface area contributed by atoms with Gasteiger partial charge in [0.25, 0.3) is 17.7 Å². The van der Waals surface area contributed by atoms with E-state index >= 15 is 0 Å². The van der Waals surface area contributed by atoms with Crippen molar-refractivity contribution >= 4 is 58.9 Å². The molecule has 16 heteroatoms. The molecule has 4 aliphatic heterocycles. The van der Waals surface area contributed by atoms with Crippen molar-refractivity contribution in [2.24, 2.45) is 0 Å². The molecule has 1 unspecified atom stereocenters. The summed E-state index contributed by atoms with van der Waals surface area (Å²) in [5, 5.41) is 8.77. The molecule has 4 aliphatic rings. The quantitative estimate of drug-likeness (QED) is 0.0663. The summed E-state index contributed by atoms with van der Waals surface area (Å²) in [6.45, 7) is 11.2. The minimum Gasteiger partial charge on any atom is -0.492 e. The zero-order valence-electron chi connectivity index (χ0n) is 38.7. The van der Waals surface area contributed by atoms with Crippen molar-refractivity contribution in [2.45, 2.75) is 83.8 Å². The highest BCUT2D eigenvalue weighted by Gasteiger charge is 2.37. The molecule has 16 nitrogen and oxygen atoms in total. The predicted octanol–water partition coefficient (Wildman–Crippen LogP) is 6.18. The highest BCUT2D eigenvalue weighted by Crippen LogP contribution is 2.36. The third kappa shape index (κ3) is 10.6. The van der Waals surface area contributed by atoms with E-state index in [0.29, 0.717) is 103 Å². The molecule has 8 rings (SSSR count). The van der Waals surface area contributed by atoms with Crippen LogP contribution >= 0.6 is 0 Å². The van der Waals surface area contributed by atoms with Crippen molar-refractivity contribution < 1.29 is 28.7 Å². The maximum absolute atomic E-state index is 13.8. The number of imide groups is 1. The fraction of sp³-hybridized carbons (Fsp3) is 0.431. The molecule has 350 valence electrons. The van der Waals surface area contributed by atoms with Crippen molar-refractivity contribution in [3.8, 4) is 17.6 Å². The molecule has 67 heavy (non-hydrogen) atoms. The minimum atomic E-state index is -0.695. The molecule has 3 N–H and O–H groups in total. The smallest absolute Gasteiger partial charge is 0.260 e. The molecule has 0 saturated carbocycles. The van der Waals surface area contributed by atoms with E-state index in [1.54, 1.807) is 36.3 Å². The minimum absolute atomic E-state index is 0.00853. The number of aromatic nitrogens is 2. The number of hydrogen-bond acceptors (Lipinski definition) is 12. The first kappa shape index (κ1) is 46.7. The zero-order chi connectivity index (χ0) is 46.9. The number of nitrogens with zero attached hydrogens (tertiary/aromatic N) is 7. The van der Waals surface area contributed by atoms with Crippen LogP contribution in [0.4, 0.5) is 28.8 Å². The van der Waals surface area contributed by atoms with Crippen LogP contribution < -0.4 is 25.6 Å². The van der Waals surface area contributed by atoms with Crippen LogP contribution in [0.2, 0.25) is 0 Å². The molecule has 0 radical (unpaired) electrons. The monoisotopic (exact) mass is 908 g/mol. The van der Waals surface area contributed by atoms with Crippen LogP contribution in [-0.2, 0) is 16.1 Å². The van der Waals surface area contributed by atoms with Crippen molar-refractivity contribution in [3.63, 3.8) is 0 Å². The average Bonchev–Trinajstić information content (AvgIpc) is 3.64. The first-order valence-corrected chi connectivity index (χ1v) is 23.6. The molecule has 1 atom stereocenters. The van der Waals surface area contributed by atoms with Crippen LogP contribution in [0.5, 0.6) is 5.75 Å². The number of carbonyl (C=O) groups is 5. The van der Waals surface area contributed by atoms with Crippen molar-refractivity contribution in [3.05, 3.63) is 94.7 Å². The van der Waals surface area contributed by atoms with E-state index in [2.05, 4.69) is 42.6 Å². The lowest BCUT2D eigenvalue weighted by Gasteiger charge is -2.42. The number of unbranched alkanes of at least 4 members (excludes halogenated alkanes) is 3. The number of rotatable bonds is 16. The first-order chi connectivity index (χ1) is 32.7. The van der Waals surface area contributed by atoms with E-state index < -0.39 is 11.9 Å². The van der Waals surface area contributed by atoms with Crippen molar-refractivity contribution in [1.82, 2.24) is 34.9 Å². The first-order valence-electron chi connectivity index (χ1n) is 23.6. The SMILES string of the molecule is CCCC(C(=O)NC=O)N1Cc2c(C#CCCCCCN3CCN(C4CCN(C(=O)c5ccc(Nc6ncc7c(n6)Nc6ccccc6C(=O)N7C)c(OCC)c5)CC4)CC3)cccc2C1=O. The molecule has 0 aliphatic carbocycles. The summed E-state index contributed by atoms with van der Waals surface area (Å²) in [6, 6.07) is 18.1. The van der Waals surface area contributed by atoms with Gasteiger partial charge < -0.3 is 35.0 Å². The van der Waals surface area contributed by atoms with Gasteiger partial charge >= 0.3 is 0 Å². The second kappa shape index (κ2) is 21.6. The highest BCUT2D eigenvalue weighted by molar-refractivity contribution is 6.12. The van der Waals surface area contributed by atoms with Gasteiger partial charge in [-0.15, -0.1) is 0 Å². The van der Waals surface area contributed by atoms with Crippen LogP contribution in [0.3, 0.4) is 0 Å². The number of piperidine rings is 1. The van der Waals surface area contributed by atoms with Gasteiger partial charge in [0.05, 0.1) is 29.7 Å². The van der Waals surface area contributed by atoms with E-state index in [1.165, 1.54) is 4.90 Å². The number of benzene rings is 3. The van der Waals surface area contributed by atoms with Gasteiger partial charge in [-0.3, -0.25) is 34.2 Å². The van der Waals surface area contributed by atoms with E-state index in [-0.39, 0.29) is 17.7 Å². The van der Waals surface area contributed by atoms with Gasteiger partial charge in [0.15, 0.2) is 5.82 Å². The third-order valence-corrected chi connectivity index (χ3v) is 13.2. The Morgan fingerprint density at radius 3 is 2.51 bits per heavy atom. The van der Waals surface area contributed by atoms with Crippen LogP contribution in [0.25, 0.3) is 0 Å². The molecule has 5 heterocycles.